The first kappa shape index (κ1) is 44.7. The summed E-state index contributed by atoms with van der Waals surface area (Å²) < 4.78 is 5.82. The lowest BCUT2D eigenvalue weighted by molar-refractivity contribution is 0.0930. The van der Waals surface area contributed by atoms with Crippen LogP contribution in [0.3, 0.4) is 0 Å². The Morgan fingerprint density at radius 1 is 0.583 bits per heavy atom. The Labute approximate surface area is 301 Å². The standard InChI is InChI=1S/C44H84N2O2/c1-4-6-8-10-12-14-16-18-20-22-24-26-28-30-32-34-40-46(44(47)48-42-38-43-37-36-39-45(43)3)41-35-33-31-29-27-25-23-21-19-17-15-13-11-9-7-5-2/h18-21,43H,4-17,22-42H2,1-3H3/b20-18-,21-19-. The van der Waals surface area contributed by atoms with Crippen LogP contribution in [-0.2, 0) is 4.74 Å². The Morgan fingerprint density at radius 3 is 1.33 bits per heavy atom. The van der Waals surface area contributed by atoms with Crippen LogP contribution in [0.2, 0.25) is 0 Å². The molecule has 1 aliphatic rings. The van der Waals surface area contributed by atoms with Crippen molar-refractivity contribution in [2.45, 2.75) is 219 Å². The molecule has 4 heteroatoms. The molecule has 48 heavy (non-hydrogen) atoms. The van der Waals surface area contributed by atoms with E-state index < -0.39 is 0 Å². The van der Waals surface area contributed by atoms with Crippen molar-refractivity contribution in [2.24, 2.45) is 0 Å². The van der Waals surface area contributed by atoms with E-state index in [1.165, 1.54) is 186 Å². The Balaban J connectivity index is 2.14. The molecule has 1 amide bonds. The van der Waals surface area contributed by atoms with Crippen LogP contribution in [0.25, 0.3) is 0 Å². The van der Waals surface area contributed by atoms with E-state index in [0.717, 1.165) is 32.4 Å². The number of carbonyl (C=O) groups excluding carboxylic acids is 1. The predicted molar refractivity (Wildman–Crippen MR) is 212 cm³/mol. The zero-order valence-electron chi connectivity index (χ0n) is 32.8. The maximum Gasteiger partial charge on any atom is 0.409 e. The van der Waals surface area contributed by atoms with E-state index in [-0.39, 0.29) is 6.09 Å². The molecule has 282 valence electrons. The summed E-state index contributed by atoms with van der Waals surface area (Å²) in [7, 11) is 2.20. The summed E-state index contributed by atoms with van der Waals surface area (Å²) in [6, 6.07) is 0.581. The van der Waals surface area contributed by atoms with Crippen LogP contribution in [-0.4, -0.2) is 55.2 Å². The minimum Gasteiger partial charge on any atom is -0.449 e. The SMILES string of the molecule is CCCCCCCC/C=C\CCCCCCCCN(CCCCCCCC/C=C\CCCCCCCC)C(=O)OCCC1CCCN1C. The first-order chi connectivity index (χ1) is 23.7. The number of hydrogen-bond acceptors (Lipinski definition) is 3. The molecule has 1 atom stereocenters. The van der Waals surface area contributed by atoms with E-state index in [4.69, 9.17) is 4.74 Å². The second kappa shape index (κ2) is 35.5. The van der Waals surface area contributed by atoms with Crippen LogP contribution >= 0.6 is 0 Å². The molecule has 1 heterocycles. The fourth-order valence-corrected chi connectivity index (χ4v) is 7.11. The first-order valence-corrected chi connectivity index (χ1v) is 21.6. The molecule has 0 saturated carbocycles. The van der Waals surface area contributed by atoms with Gasteiger partial charge >= 0.3 is 6.09 Å². The van der Waals surface area contributed by atoms with Gasteiger partial charge in [0.1, 0.15) is 0 Å². The molecule has 1 saturated heterocycles. The number of allylic oxidation sites excluding steroid dienone is 4. The Hall–Kier alpha value is -1.29. The topological polar surface area (TPSA) is 32.8 Å². The average molecular weight is 673 g/mol. The highest BCUT2D eigenvalue weighted by atomic mass is 16.6. The van der Waals surface area contributed by atoms with Gasteiger partial charge in [-0.3, -0.25) is 0 Å². The predicted octanol–water partition coefficient (Wildman–Crippen LogP) is 14.0. The number of amides is 1. The van der Waals surface area contributed by atoms with Crippen molar-refractivity contribution in [3.8, 4) is 0 Å². The van der Waals surface area contributed by atoms with Crippen LogP contribution in [0.15, 0.2) is 24.3 Å². The van der Waals surface area contributed by atoms with Gasteiger partial charge in [-0.15, -0.1) is 0 Å². The monoisotopic (exact) mass is 673 g/mol. The van der Waals surface area contributed by atoms with Crippen LogP contribution in [0.4, 0.5) is 4.79 Å². The number of ether oxygens (including phenoxy) is 1. The van der Waals surface area contributed by atoms with Gasteiger partial charge in [0.15, 0.2) is 0 Å². The molecule has 4 nitrogen and oxygen atoms in total. The second-order valence-electron chi connectivity index (χ2n) is 15.0. The van der Waals surface area contributed by atoms with Crippen molar-refractivity contribution < 1.29 is 9.53 Å². The molecule has 0 aromatic heterocycles. The van der Waals surface area contributed by atoms with Crippen LogP contribution in [0, 0.1) is 0 Å². The number of hydrogen-bond donors (Lipinski definition) is 0. The summed E-state index contributed by atoms with van der Waals surface area (Å²) in [4.78, 5) is 17.5. The summed E-state index contributed by atoms with van der Waals surface area (Å²) in [5.41, 5.74) is 0. The molecular formula is C44H84N2O2. The first-order valence-electron chi connectivity index (χ1n) is 21.6. The van der Waals surface area contributed by atoms with E-state index in [2.05, 4.69) is 50.1 Å². The summed E-state index contributed by atoms with van der Waals surface area (Å²) >= 11 is 0. The van der Waals surface area contributed by atoms with Gasteiger partial charge < -0.3 is 14.5 Å². The van der Waals surface area contributed by atoms with Crippen molar-refractivity contribution in [2.75, 3.05) is 33.3 Å². The fraction of sp³-hybridized carbons (Fsp3) is 0.886. The quantitative estimate of drug-likeness (QED) is 0.0496. The van der Waals surface area contributed by atoms with Crippen molar-refractivity contribution >= 4 is 6.09 Å². The largest absolute Gasteiger partial charge is 0.449 e. The van der Waals surface area contributed by atoms with E-state index in [1.54, 1.807) is 0 Å². The van der Waals surface area contributed by atoms with Crippen molar-refractivity contribution in [3.05, 3.63) is 24.3 Å². The third-order valence-corrected chi connectivity index (χ3v) is 10.5. The van der Waals surface area contributed by atoms with Crippen molar-refractivity contribution in [1.82, 2.24) is 9.80 Å². The minimum atomic E-state index is -0.0730. The van der Waals surface area contributed by atoms with Gasteiger partial charge in [0.05, 0.1) is 6.61 Å². The number of rotatable bonds is 35. The third-order valence-electron chi connectivity index (χ3n) is 10.5. The molecule has 0 aromatic rings. The lowest BCUT2D eigenvalue weighted by Gasteiger charge is -2.24. The van der Waals surface area contributed by atoms with E-state index >= 15 is 0 Å². The molecule has 0 radical (unpaired) electrons. The van der Waals surface area contributed by atoms with Crippen LogP contribution in [0.1, 0.15) is 213 Å². The second-order valence-corrected chi connectivity index (χ2v) is 15.0. The fourth-order valence-electron chi connectivity index (χ4n) is 7.11. The molecule has 0 aromatic carbocycles. The lowest BCUT2D eigenvalue weighted by Crippen LogP contribution is -2.34. The Morgan fingerprint density at radius 2 is 0.958 bits per heavy atom. The average Bonchev–Trinajstić information content (AvgIpc) is 3.50. The molecular weight excluding hydrogens is 588 g/mol. The molecule has 1 fully saturated rings. The molecule has 0 spiro atoms. The lowest BCUT2D eigenvalue weighted by atomic mass is 10.1. The summed E-state index contributed by atoms with van der Waals surface area (Å²) in [5, 5.41) is 0. The number of carbonyl (C=O) groups is 1. The van der Waals surface area contributed by atoms with Gasteiger partial charge in [-0.05, 0) is 97.1 Å². The van der Waals surface area contributed by atoms with E-state index in [9.17, 15) is 4.79 Å². The Kier molecular flexibility index (Phi) is 33.1. The van der Waals surface area contributed by atoms with Gasteiger partial charge in [0.25, 0.3) is 0 Å². The molecule has 1 unspecified atom stereocenters. The highest BCUT2D eigenvalue weighted by molar-refractivity contribution is 5.67. The minimum absolute atomic E-state index is 0.0730. The zero-order chi connectivity index (χ0) is 34.6. The van der Waals surface area contributed by atoms with E-state index in [0.29, 0.717) is 12.6 Å². The molecule has 1 aliphatic heterocycles. The number of likely N-dealkylation sites (tertiary alicyclic amines) is 1. The Bertz CT molecular complexity index is 693. The maximum atomic E-state index is 13.1. The van der Waals surface area contributed by atoms with Crippen molar-refractivity contribution in [3.63, 3.8) is 0 Å². The maximum absolute atomic E-state index is 13.1. The highest BCUT2D eigenvalue weighted by Gasteiger charge is 2.21. The zero-order valence-corrected chi connectivity index (χ0v) is 32.8. The highest BCUT2D eigenvalue weighted by Crippen LogP contribution is 2.18. The van der Waals surface area contributed by atoms with Gasteiger partial charge in [-0.1, -0.05) is 154 Å². The summed E-state index contributed by atoms with van der Waals surface area (Å²) in [6.45, 7) is 8.02. The number of unbranched alkanes of at least 4 members (excludes halogenated alkanes) is 24. The van der Waals surface area contributed by atoms with Gasteiger partial charge in [0.2, 0.25) is 0 Å². The van der Waals surface area contributed by atoms with Gasteiger partial charge in [-0.2, -0.15) is 0 Å². The smallest absolute Gasteiger partial charge is 0.409 e. The third kappa shape index (κ3) is 28.5. The van der Waals surface area contributed by atoms with Crippen LogP contribution < -0.4 is 0 Å². The molecule has 1 rings (SSSR count). The molecule has 0 bridgehead atoms. The van der Waals surface area contributed by atoms with Gasteiger partial charge in [-0.25, -0.2) is 4.79 Å². The summed E-state index contributed by atoms with van der Waals surface area (Å²) in [5.74, 6) is 0. The van der Waals surface area contributed by atoms with Gasteiger partial charge in [0, 0.05) is 19.1 Å². The summed E-state index contributed by atoms with van der Waals surface area (Å²) in [6.07, 6.45) is 49.9. The van der Waals surface area contributed by atoms with Crippen LogP contribution in [0.5, 0.6) is 0 Å². The van der Waals surface area contributed by atoms with Crippen molar-refractivity contribution in [1.29, 1.82) is 0 Å². The normalized spacial score (nSPS) is 15.4. The number of nitrogens with zero attached hydrogens (tertiary/aromatic N) is 2. The van der Waals surface area contributed by atoms with E-state index in [1.807, 2.05) is 4.90 Å². The molecule has 0 N–H and O–H groups in total. The molecule has 0 aliphatic carbocycles.